The zero-order valence-electron chi connectivity index (χ0n) is 14.2. The number of nitrogens with one attached hydrogen (secondary N) is 2. The smallest absolute Gasteiger partial charge is 0.262 e. The Labute approximate surface area is 155 Å². The van der Waals surface area contributed by atoms with E-state index in [1.165, 1.54) is 6.21 Å². The maximum atomic E-state index is 12.1. The van der Waals surface area contributed by atoms with Gasteiger partial charge in [0.05, 0.1) is 20.4 Å². The van der Waals surface area contributed by atoms with E-state index in [1.807, 2.05) is 24.3 Å². The van der Waals surface area contributed by atoms with Crippen LogP contribution in [0.4, 0.5) is 5.69 Å². The molecular weight excluding hydrogens is 386 g/mol. The lowest BCUT2D eigenvalue weighted by Gasteiger charge is -2.13. The first-order chi connectivity index (χ1) is 12.0. The molecule has 0 aliphatic carbocycles. The average molecular weight is 406 g/mol. The highest BCUT2D eigenvalue weighted by Gasteiger charge is 2.11. The van der Waals surface area contributed by atoms with Gasteiger partial charge in [0.25, 0.3) is 5.91 Å². The number of carbonyl (C=O) groups is 1. The van der Waals surface area contributed by atoms with Crippen molar-refractivity contribution in [3.63, 3.8) is 0 Å². The van der Waals surface area contributed by atoms with Gasteiger partial charge in [0.15, 0.2) is 0 Å². The second-order valence-corrected chi connectivity index (χ2v) is 6.13. The Kier molecular flexibility index (Phi) is 6.82. The van der Waals surface area contributed by atoms with Crippen LogP contribution in [0.15, 0.2) is 52.0 Å². The van der Waals surface area contributed by atoms with Crippen molar-refractivity contribution in [3.05, 3.63) is 52.5 Å². The summed E-state index contributed by atoms with van der Waals surface area (Å²) in [6.45, 7) is 1.76. The van der Waals surface area contributed by atoms with Gasteiger partial charge in [-0.25, -0.2) is 5.43 Å². The number of ether oxygens (including phenoxy) is 2. The summed E-state index contributed by atoms with van der Waals surface area (Å²) in [4.78, 5) is 12.1. The van der Waals surface area contributed by atoms with Crippen LogP contribution in [0, 0.1) is 0 Å². The lowest BCUT2D eigenvalue weighted by Crippen LogP contribution is -2.34. The third kappa shape index (κ3) is 5.49. The van der Waals surface area contributed by atoms with E-state index in [0.29, 0.717) is 11.5 Å². The quantitative estimate of drug-likeness (QED) is 0.546. The maximum Gasteiger partial charge on any atom is 0.262 e. The molecule has 132 valence electrons. The molecule has 0 heterocycles. The van der Waals surface area contributed by atoms with E-state index >= 15 is 0 Å². The summed E-state index contributed by atoms with van der Waals surface area (Å²) in [5, 5.41) is 7.10. The van der Waals surface area contributed by atoms with Gasteiger partial charge in [-0.05, 0) is 43.3 Å². The van der Waals surface area contributed by atoms with Crippen LogP contribution in [-0.2, 0) is 4.79 Å². The molecule has 2 aromatic rings. The first kappa shape index (κ1) is 18.8. The Hall–Kier alpha value is -2.54. The molecule has 25 heavy (non-hydrogen) atoms. The fourth-order valence-corrected chi connectivity index (χ4v) is 2.31. The highest BCUT2D eigenvalue weighted by Crippen LogP contribution is 2.23. The molecule has 1 amide bonds. The second-order valence-electron chi connectivity index (χ2n) is 5.22. The van der Waals surface area contributed by atoms with Crippen LogP contribution in [0.3, 0.4) is 0 Å². The predicted octanol–water partition coefficient (Wildman–Crippen LogP) is 3.42. The van der Waals surface area contributed by atoms with Crippen molar-refractivity contribution >= 4 is 33.7 Å². The fraction of sp³-hybridized carbons (Fsp3) is 0.222. The van der Waals surface area contributed by atoms with Crippen molar-refractivity contribution in [2.45, 2.75) is 13.0 Å². The largest absolute Gasteiger partial charge is 0.497 e. The molecule has 7 heteroatoms. The van der Waals surface area contributed by atoms with E-state index in [0.717, 1.165) is 15.7 Å². The molecule has 0 bridgehead atoms. The van der Waals surface area contributed by atoms with Crippen LogP contribution in [0.25, 0.3) is 0 Å². The topological polar surface area (TPSA) is 72.0 Å². The molecular formula is C18H20BrN3O3. The average Bonchev–Trinajstić information content (AvgIpc) is 2.63. The van der Waals surface area contributed by atoms with Crippen LogP contribution < -0.4 is 20.2 Å². The first-order valence-corrected chi connectivity index (χ1v) is 8.40. The zero-order chi connectivity index (χ0) is 18.2. The molecule has 2 aromatic carbocycles. The highest BCUT2D eigenvalue weighted by atomic mass is 79.9. The minimum atomic E-state index is -0.434. The molecule has 0 radical (unpaired) electrons. The molecule has 1 atom stereocenters. The van der Waals surface area contributed by atoms with Gasteiger partial charge < -0.3 is 14.8 Å². The fourth-order valence-electron chi connectivity index (χ4n) is 2.05. The third-order valence-electron chi connectivity index (χ3n) is 3.44. The molecule has 1 unspecified atom stereocenters. The van der Waals surface area contributed by atoms with Crippen LogP contribution in [0.1, 0.15) is 12.5 Å². The second kappa shape index (κ2) is 9.08. The van der Waals surface area contributed by atoms with Crippen LogP contribution in [0.5, 0.6) is 11.5 Å². The van der Waals surface area contributed by atoms with E-state index in [2.05, 4.69) is 31.8 Å². The van der Waals surface area contributed by atoms with E-state index in [9.17, 15) is 4.79 Å². The van der Waals surface area contributed by atoms with E-state index < -0.39 is 6.04 Å². The minimum Gasteiger partial charge on any atom is -0.497 e. The number of anilines is 1. The zero-order valence-corrected chi connectivity index (χ0v) is 15.8. The van der Waals surface area contributed by atoms with Crippen molar-refractivity contribution in [3.8, 4) is 11.5 Å². The molecule has 0 fully saturated rings. The molecule has 6 nitrogen and oxygen atoms in total. The standard InChI is InChI=1S/C18H20BrN3O3/c1-12(21-15-7-5-14(19)6-8-15)18(23)22-20-11-13-4-9-16(24-2)10-17(13)25-3/h4-12,21H,1-3H3,(H,22,23). The molecule has 0 aliphatic rings. The van der Waals surface area contributed by atoms with Crippen molar-refractivity contribution in [1.82, 2.24) is 5.43 Å². The summed E-state index contributed by atoms with van der Waals surface area (Å²) in [6.07, 6.45) is 1.53. The SMILES string of the molecule is COc1ccc(C=NNC(=O)C(C)Nc2ccc(Br)cc2)c(OC)c1. The number of amides is 1. The van der Waals surface area contributed by atoms with Gasteiger partial charge in [-0.1, -0.05) is 15.9 Å². The molecule has 2 N–H and O–H groups in total. The number of nitrogens with zero attached hydrogens (tertiary/aromatic N) is 1. The third-order valence-corrected chi connectivity index (χ3v) is 3.97. The van der Waals surface area contributed by atoms with Crippen LogP contribution in [0.2, 0.25) is 0 Å². The Bertz CT molecular complexity index is 748. The van der Waals surface area contributed by atoms with Gasteiger partial charge in [0.1, 0.15) is 17.5 Å². The Morgan fingerprint density at radius 1 is 1.16 bits per heavy atom. The number of hydrazone groups is 1. The maximum absolute atomic E-state index is 12.1. The van der Waals surface area contributed by atoms with Crippen LogP contribution >= 0.6 is 15.9 Å². The summed E-state index contributed by atoms with van der Waals surface area (Å²) in [5.74, 6) is 1.05. The van der Waals surface area contributed by atoms with Gasteiger partial charge in [0.2, 0.25) is 0 Å². The Morgan fingerprint density at radius 3 is 2.52 bits per heavy atom. The molecule has 0 aromatic heterocycles. The van der Waals surface area contributed by atoms with Crippen molar-refractivity contribution in [2.75, 3.05) is 19.5 Å². The molecule has 0 spiro atoms. The molecule has 0 aliphatic heterocycles. The Morgan fingerprint density at radius 2 is 1.88 bits per heavy atom. The van der Waals surface area contributed by atoms with Gasteiger partial charge in [-0.3, -0.25) is 4.79 Å². The monoisotopic (exact) mass is 405 g/mol. The normalized spacial score (nSPS) is 11.8. The van der Waals surface area contributed by atoms with E-state index in [4.69, 9.17) is 9.47 Å². The summed E-state index contributed by atoms with van der Waals surface area (Å²) in [6, 6.07) is 12.5. The molecule has 0 saturated heterocycles. The lowest BCUT2D eigenvalue weighted by atomic mass is 10.2. The number of rotatable bonds is 7. The number of benzene rings is 2. The number of hydrogen-bond acceptors (Lipinski definition) is 5. The number of hydrogen-bond donors (Lipinski definition) is 2. The van der Waals surface area contributed by atoms with Crippen molar-refractivity contribution < 1.29 is 14.3 Å². The predicted molar refractivity (Wildman–Crippen MR) is 103 cm³/mol. The number of carbonyl (C=O) groups excluding carboxylic acids is 1. The minimum absolute atomic E-state index is 0.244. The Balaban J connectivity index is 1.94. The summed E-state index contributed by atoms with van der Waals surface area (Å²) in [7, 11) is 3.15. The van der Waals surface area contributed by atoms with Crippen molar-refractivity contribution in [1.29, 1.82) is 0 Å². The van der Waals surface area contributed by atoms with E-state index in [-0.39, 0.29) is 5.91 Å². The molecule has 2 rings (SSSR count). The molecule has 0 saturated carbocycles. The van der Waals surface area contributed by atoms with Gasteiger partial charge in [-0.2, -0.15) is 5.10 Å². The van der Waals surface area contributed by atoms with E-state index in [1.54, 1.807) is 39.3 Å². The number of methoxy groups -OCH3 is 2. The van der Waals surface area contributed by atoms with Crippen molar-refractivity contribution in [2.24, 2.45) is 5.10 Å². The van der Waals surface area contributed by atoms with Crippen LogP contribution in [-0.4, -0.2) is 32.4 Å². The van der Waals surface area contributed by atoms with Gasteiger partial charge >= 0.3 is 0 Å². The summed E-state index contributed by atoms with van der Waals surface area (Å²) >= 11 is 3.37. The highest BCUT2D eigenvalue weighted by molar-refractivity contribution is 9.10. The van der Waals surface area contributed by atoms with Gasteiger partial charge in [-0.15, -0.1) is 0 Å². The summed E-state index contributed by atoms with van der Waals surface area (Å²) in [5.41, 5.74) is 4.10. The van der Waals surface area contributed by atoms with Gasteiger partial charge in [0, 0.05) is 21.8 Å². The first-order valence-electron chi connectivity index (χ1n) is 7.60. The number of halogens is 1. The lowest BCUT2D eigenvalue weighted by molar-refractivity contribution is -0.121. The summed E-state index contributed by atoms with van der Waals surface area (Å²) < 4.78 is 11.4.